The van der Waals surface area contributed by atoms with E-state index in [9.17, 15) is 9.59 Å². The van der Waals surface area contributed by atoms with Crippen molar-refractivity contribution in [2.45, 2.75) is 32.2 Å². The number of methoxy groups -OCH3 is 2. The summed E-state index contributed by atoms with van der Waals surface area (Å²) in [5.74, 6) is 0.877. The van der Waals surface area contributed by atoms with Crippen LogP contribution in [-0.4, -0.2) is 43.5 Å². The number of carbonyl (C=O) groups is 2. The number of nitrogens with one attached hydrogen (secondary N) is 1. The van der Waals surface area contributed by atoms with Gasteiger partial charge in [0.1, 0.15) is 6.54 Å². The van der Waals surface area contributed by atoms with Crippen molar-refractivity contribution < 1.29 is 19.1 Å². The average Bonchev–Trinajstić information content (AvgIpc) is 2.90. The van der Waals surface area contributed by atoms with E-state index in [1.165, 1.54) is 10.5 Å². The standard InChI is InChI=1S/C24H28N2O4/c1-17(9-10-18-7-5-4-6-8-18)25-23(27)16-26-12-11-19-13-21(29-2)22(30-3)14-20(19)15-24(26)28/h4-8,11-14,17H,9-10,15-16H2,1-3H3,(H,25,27)/t17-/m1/s1. The molecule has 0 spiro atoms. The number of hydrogen-bond donors (Lipinski definition) is 1. The van der Waals surface area contributed by atoms with Gasteiger partial charge < -0.3 is 19.7 Å². The van der Waals surface area contributed by atoms with Gasteiger partial charge in [0.2, 0.25) is 11.8 Å². The summed E-state index contributed by atoms with van der Waals surface area (Å²) in [5, 5.41) is 2.99. The normalized spacial score (nSPS) is 14.0. The Morgan fingerprint density at radius 2 is 1.83 bits per heavy atom. The van der Waals surface area contributed by atoms with Gasteiger partial charge in [0, 0.05) is 12.2 Å². The smallest absolute Gasteiger partial charge is 0.240 e. The lowest BCUT2D eigenvalue weighted by Gasteiger charge is -2.19. The van der Waals surface area contributed by atoms with Crippen molar-refractivity contribution >= 4 is 17.9 Å². The Labute approximate surface area is 177 Å². The number of aryl methyl sites for hydroxylation is 1. The van der Waals surface area contributed by atoms with E-state index < -0.39 is 0 Å². The zero-order valence-electron chi connectivity index (χ0n) is 17.7. The number of ether oxygens (including phenoxy) is 2. The molecule has 0 aliphatic carbocycles. The zero-order chi connectivity index (χ0) is 21.5. The topological polar surface area (TPSA) is 67.9 Å². The molecule has 0 bridgehead atoms. The first-order valence-electron chi connectivity index (χ1n) is 10.1. The lowest BCUT2D eigenvalue weighted by Crippen LogP contribution is -2.41. The molecule has 0 saturated heterocycles. The van der Waals surface area contributed by atoms with Crippen LogP contribution in [0.2, 0.25) is 0 Å². The number of fused-ring (bicyclic) bond motifs is 1. The molecule has 1 atom stereocenters. The summed E-state index contributed by atoms with van der Waals surface area (Å²) in [4.78, 5) is 26.6. The highest BCUT2D eigenvalue weighted by molar-refractivity contribution is 5.89. The fraction of sp³-hybridized carbons (Fsp3) is 0.333. The first kappa shape index (κ1) is 21.4. The SMILES string of the molecule is COc1cc2c(cc1OC)CC(=O)N(CC(=O)N[C@H](C)CCc1ccccc1)C=C2. The molecular formula is C24H28N2O4. The second-order valence-corrected chi connectivity index (χ2v) is 7.41. The zero-order valence-corrected chi connectivity index (χ0v) is 17.7. The van der Waals surface area contributed by atoms with Gasteiger partial charge in [-0.15, -0.1) is 0 Å². The van der Waals surface area contributed by atoms with E-state index in [0.717, 1.165) is 24.0 Å². The van der Waals surface area contributed by atoms with Crippen molar-refractivity contribution in [1.29, 1.82) is 0 Å². The summed E-state index contributed by atoms with van der Waals surface area (Å²) in [6, 6.07) is 13.9. The Bertz CT molecular complexity index is 924. The lowest BCUT2D eigenvalue weighted by atomic mass is 10.0. The van der Waals surface area contributed by atoms with Crippen LogP contribution >= 0.6 is 0 Å². The molecule has 0 saturated carbocycles. The Morgan fingerprint density at radius 1 is 1.13 bits per heavy atom. The Morgan fingerprint density at radius 3 is 2.53 bits per heavy atom. The van der Waals surface area contributed by atoms with E-state index in [1.54, 1.807) is 20.4 Å². The Balaban J connectivity index is 1.58. The molecule has 0 aromatic heterocycles. The molecule has 0 radical (unpaired) electrons. The molecular weight excluding hydrogens is 380 g/mol. The first-order chi connectivity index (χ1) is 14.5. The van der Waals surface area contributed by atoms with Crippen LogP contribution in [0.1, 0.15) is 30.0 Å². The summed E-state index contributed by atoms with van der Waals surface area (Å²) in [5.41, 5.74) is 2.96. The van der Waals surface area contributed by atoms with Crippen molar-refractivity contribution in [3.05, 3.63) is 65.4 Å². The van der Waals surface area contributed by atoms with Gasteiger partial charge in [-0.25, -0.2) is 0 Å². The number of carbonyl (C=O) groups excluding carboxylic acids is 2. The molecule has 1 heterocycles. The minimum atomic E-state index is -0.172. The number of benzene rings is 2. The molecule has 0 fully saturated rings. The van der Waals surface area contributed by atoms with Crippen LogP contribution in [-0.2, 0) is 22.4 Å². The van der Waals surface area contributed by atoms with E-state index >= 15 is 0 Å². The second-order valence-electron chi connectivity index (χ2n) is 7.41. The van der Waals surface area contributed by atoms with Gasteiger partial charge in [0.05, 0.1) is 20.6 Å². The molecule has 3 rings (SSSR count). The fourth-order valence-corrected chi connectivity index (χ4v) is 3.48. The van der Waals surface area contributed by atoms with E-state index in [1.807, 2.05) is 43.3 Å². The van der Waals surface area contributed by atoms with E-state index in [0.29, 0.717) is 11.5 Å². The predicted molar refractivity (Wildman–Crippen MR) is 116 cm³/mol. The molecule has 1 aliphatic rings. The fourth-order valence-electron chi connectivity index (χ4n) is 3.48. The van der Waals surface area contributed by atoms with E-state index in [-0.39, 0.29) is 30.8 Å². The number of rotatable bonds is 8. The summed E-state index contributed by atoms with van der Waals surface area (Å²) in [6.07, 6.45) is 5.41. The van der Waals surface area contributed by atoms with Gasteiger partial charge in [-0.1, -0.05) is 30.3 Å². The highest BCUT2D eigenvalue weighted by atomic mass is 16.5. The summed E-state index contributed by atoms with van der Waals surface area (Å²) < 4.78 is 10.7. The molecule has 1 N–H and O–H groups in total. The number of hydrogen-bond acceptors (Lipinski definition) is 4. The van der Waals surface area contributed by atoms with Crippen LogP contribution in [0.25, 0.3) is 6.08 Å². The van der Waals surface area contributed by atoms with Gasteiger partial charge in [-0.2, -0.15) is 0 Å². The maximum atomic E-state index is 12.7. The third kappa shape index (κ3) is 5.41. The third-order valence-corrected chi connectivity index (χ3v) is 5.17. The van der Waals surface area contributed by atoms with Crippen molar-refractivity contribution in [2.24, 2.45) is 0 Å². The molecule has 2 amide bonds. The van der Waals surface area contributed by atoms with Gasteiger partial charge in [-0.05, 0) is 54.7 Å². The monoisotopic (exact) mass is 408 g/mol. The third-order valence-electron chi connectivity index (χ3n) is 5.17. The Hall–Kier alpha value is -3.28. The van der Waals surface area contributed by atoms with Crippen LogP contribution in [0.5, 0.6) is 11.5 Å². The quantitative estimate of drug-likeness (QED) is 0.728. The first-order valence-corrected chi connectivity index (χ1v) is 10.1. The minimum absolute atomic E-state index is 0.00668. The molecule has 1 aliphatic heterocycles. The summed E-state index contributed by atoms with van der Waals surface area (Å²) in [6.45, 7) is 1.97. The summed E-state index contributed by atoms with van der Waals surface area (Å²) >= 11 is 0. The lowest BCUT2D eigenvalue weighted by molar-refractivity contribution is -0.133. The largest absolute Gasteiger partial charge is 0.493 e. The summed E-state index contributed by atoms with van der Waals surface area (Å²) in [7, 11) is 3.14. The van der Waals surface area contributed by atoms with Crippen LogP contribution < -0.4 is 14.8 Å². The van der Waals surface area contributed by atoms with Crippen molar-refractivity contribution in [1.82, 2.24) is 10.2 Å². The van der Waals surface area contributed by atoms with Crippen molar-refractivity contribution in [2.75, 3.05) is 20.8 Å². The van der Waals surface area contributed by atoms with E-state index in [2.05, 4.69) is 17.4 Å². The van der Waals surface area contributed by atoms with Crippen LogP contribution in [0.15, 0.2) is 48.7 Å². The number of nitrogens with zero attached hydrogens (tertiary/aromatic N) is 1. The maximum Gasteiger partial charge on any atom is 0.240 e. The second kappa shape index (κ2) is 9.96. The van der Waals surface area contributed by atoms with Gasteiger partial charge in [0.15, 0.2) is 11.5 Å². The van der Waals surface area contributed by atoms with Gasteiger partial charge in [-0.3, -0.25) is 9.59 Å². The number of amides is 2. The molecule has 158 valence electrons. The highest BCUT2D eigenvalue weighted by Crippen LogP contribution is 2.32. The maximum absolute atomic E-state index is 12.7. The van der Waals surface area contributed by atoms with Crippen LogP contribution in [0, 0.1) is 0 Å². The van der Waals surface area contributed by atoms with Gasteiger partial charge >= 0.3 is 0 Å². The highest BCUT2D eigenvalue weighted by Gasteiger charge is 2.21. The molecule has 0 unspecified atom stereocenters. The Kier molecular flexibility index (Phi) is 7.12. The van der Waals surface area contributed by atoms with Crippen LogP contribution in [0.4, 0.5) is 0 Å². The van der Waals surface area contributed by atoms with Crippen molar-refractivity contribution in [3.8, 4) is 11.5 Å². The molecule has 2 aromatic rings. The van der Waals surface area contributed by atoms with Gasteiger partial charge in [0.25, 0.3) is 0 Å². The molecule has 30 heavy (non-hydrogen) atoms. The van der Waals surface area contributed by atoms with Crippen LogP contribution in [0.3, 0.4) is 0 Å². The molecule has 6 nitrogen and oxygen atoms in total. The predicted octanol–water partition coefficient (Wildman–Crippen LogP) is 3.20. The molecule has 2 aromatic carbocycles. The average molecular weight is 408 g/mol. The minimum Gasteiger partial charge on any atom is -0.493 e. The van der Waals surface area contributed by atoms with E-state index in [4.69, 9.17) is 9.47 Å². The molecule has 6 heteroatoms. The van der Waals surface area contributed by atoms with Crippen molar-refractivity contribution in [3.63, 3.8) is 0 Å².